The van der Waals surface area contributed by atoms with Gasteiger partial charge in [0, 0.05) is 20.6 Å². The van der Waals surface area contributed by atoms with Gasteiger partial charge >= 0.3 is 0 Å². The van der Waals surface area contributed by atoms with Crippen LogP contribution in [0.2, 0.25) is 0 Å². The van der Waals surface area contributed by atoms with Crippen LogP contribution in [0, 0.1) is 0 Å². The number of nitrogens with one attached hydrogen (secondary N) is 1. The first kappa shape index (κ1) is 19.9. The van der Waals surface area contributed by atoms with Gasteiger partial charge in [0.2, 0.25) is 10.0 Å². The Labute approximate surface area is 164 Å². The van der Waals surface area contributed by atoms with E-state index in [4.69, 9.17) is 4.74 Å². The van der Waals surface area contributed by atoms with Crippen molar-refractivity contribution in [1.29, 1.82) is 0 Å². The number of rotatable bonds is 7. The first-order valence-electron chi connectivity index (χ1n) is 8.76. The standard InChI is InChI=1S/C21H22N2O4S/c1-23(2)28(25,26)19-12-10-18(11-13-19)27-15-21(24)22-14-17-8-5-7-16-6-3-4-9-20(16)17/h3-13H,14-15H2,1-2H3,(H,22,24). The van der Waals surface area contributed by atoms with Gasteiger partial charge in [-0.3, -0.25) is 4.79 Å². The van der Waals surface area contributed by atoms with Crippen molar-refractivity contribution in [3.05, 3.63) is 72.3 Å². The van der Waals surface area contributed by atoms with Gasteiger partial charge in [-0.15, -0.1) is 0 Å². The summed E-state index contributed by atoms with van der Waals surface area (Å²) in [6, 6.07) is 20.0. The van der Waals surface area contributed by atoms with Gasteiger partial charge in [-0.25, -0.2) is 12.7 Å². The zero-order valence-electron chi connectivity index (χ0n) is 15.8. The number of ether oxygens (including phenoxy) is 1. The topological polar surface area (TPSA) is 75.7 Å². The van der Waals surface area contributed by atoms with Crippen LogP contribution in [0.3, 0.4) is 0 Å². The molecule has 0 saturated heterocycles. The lowest BCUT2D eigenvalue weighted by Gasteiger charge is -2.12. The molecule has 0 spiro atoms. The van der Waals surface area contributed by atoms with Crippen molar-refractivity contribution in [3.63, 3.8) is 0 Å². The number of carbonyl (C=O) groups is 1. The monoisotopic (exact) mass is 398 g/mol. The van der Waals surface area contributed by atoms with Crippen LogP contribution >= 0.6 is 0 Å². The molecule has 0 radical (unpaired) electrons. The quantitative estimate of drug-likeness (QED) is 0.664. The van der Waals surface area contributed by atoms with Crippen molar-refractivity contribution < 1.29 is 17.9 Å². The van der Waals surface area contributed by atoms with Crippen LogP contribution in [-0.2, 0) is 21.4 Å². The molecule has 0 unspecified atom stereocenters. The van der Waals surface area contributed by atoms with E-state index in [1.165, 1.54) is 38.4 Å². The molecule has 0 aliphatic carbocycles. The third kappa shape index (κ3) is 4.49. The summed E-state index contributed by atoms with van der Waals surface area (Å²) in [5, 5.41) is 5.07. The maximum atomic E-state index is 12.1. The average molecular weight is 398 g/mol. The SMILES string of the molecule is CN(C)S(=O)(=O)c1ccc(OCC(=O)NCc2cccc3ccccc23)cc1. The van der Waals surface area contributed by atoms with Gasteiger partial charge in [-0.1, -0.05) is 42.5 Å². The molecule has 0 heterocycles. The van der Waals surface area contributed by atoms with E-state index in [1.54, 1.807) is 0 Å². The van der Waals surface area contributed by atoms with Gasteiger partial charge < -0.3 is 10.1 Å². The maximum absolute atomic E-state index is 12.1. The second-order valence-corrected chi connectivity index (χ2v) is 8.61. The van der Waals surface area contributed by atoms with Crippen LogP contribution in [0.1, 0.15) is 5.56 Å². The normalized spacial score (nSPS) is 11.5. The van der Waals surface area contributed by atoms with E-state index >= 15 is 0 Å². The summed E-state index contributed by atoms with van der Waals surface area (Å²) in [6.45, 7) is 0.258. The first-order valence-corrected chi connectivity index (χ1v) is 10.2. The summed E-state index contributed by atoms with van der Waals surface area (Å²) < 4.78 is 30.7. The maximum Gasteiger partial charge on any atom is 0.258 e. The van der Waals surface area contributed by atoms with Gasteiger partial charge in [0.25, 0.3) is 5.91 Å². The lowest BCUT2D eigenvalue weighted by atomic mass is 10.0. The number of carbonyl (C=O) groups excluding carboxylic acids is 1. The molecule has 0 saturated carbocycles. The van der Waals surface area contributed by atoms with Crippen LogP contribution in [0.4, 0.5) is 0 Å². The van der Waals surface area contributed by atoms with Crippen molar-refractivity contribution in [3.8, 4) is 5.75 Å². The number of sulfonamides is 1. The first-order chi connectivity index (χ1) is 13.4. The lowest BCUT2D eigenvalue weighted by molar-refractivity contribution is -0.123. The molecule has 0 fully saturated rings. The molecule has 7 heteroatoms. The molecule has 6 nitrogen and oxygen atoms in total. The molecule has 3 aromatic carbocycles. The predicted octanol–water partition coefficient (Wildman–Crippen LogP) is 2.79. The largest absolute Gasteiger partial charge is 0.484 e. The van der Waals surface area contributed by atoms with Crippen molar-refractivity contribution in [2.24, 2.45) is 0 Å². The molecular formula is C21H22N2O4S. The molecule has 146 valence electrons. The van der Waals surface area contributed by atoms with Gasteiger partial charge in [0.1, 0.15) is 5.75 Å². The Kier molecular flexibility index (Phi) is 5.96. The highest BCUT2D eigenvalue weighted by Crippen LogP contribution is 2.19. The summed E-state index contributed by atoms with van der Waals surface area (Å²) in [4.78, 5) is 12.3. The summed E-state index contributed by atoms with van der Waals surface area (Å²) in [5.41, 5.74) is 1.03. The highest BCUT2D eigenvalue weighted by atomic mass is 32.2. The fourth-order valence-electron chi connectivity index (χ4n) is 2.76. The molecular weight excluding hydrogens is 376 g/mol. The van der Waals surface area contributed by atoms with Gasteiger partial charge in [-0.05, 0) is 40.6 Å². The smallest absolute Gasteiger partial charge is 0.258 e. The lowest BCUT2D eigenvalue weighted by Crippen LogP contribution is -2.28. The van der Waals surface area contributed by atoms with Crippen LogP contribution in [-0.4, -0.2) is 39.3 Å². The number of hydrogen-bond acceptors (Lipinski definition) is 4. The van der Waals surface area contributed by atoms with E-state index in [9.17, 15) is 13.2 Å². The minimum Gasteiger partial charge on any atom is -0.484 e. The van der Waals surface area contributed by atoms with Crippen LogP contribution in [0.15, 0.2) is 71.6 Å². The van der Waals surface area contributed by atoms with Gasteiger partial charge in [0.05, 0.1) is 4.90 Å². The molecule has 0 bridgehead atoms. The van der Waals surface area contributed by atoms with E-state index in [0.717, 1.165) is 20.6 Å². The Morgan fingerprint density at radius 3 is 2.36 bits per heavy atom. The zero-order chi connectivity index (χ0) is 20.1. The Morgan fingerprint density at radius 1 is 0.964 bits per heavy atom. The molecule has 0 aromatic heterocycles. The summed E-state index contributed by atoms with van der Waals surface area (Å²) in [6.07, 6.45) is 0. The summed E-state index contributed by atoms with van der Waals surface area (Å²) >= 11 is 0. The predicted molar refractivity (Wildman–Crippen MR) is 109 cm³/mol. The minimum atomic E-state index is -3.48. The Bertz CT molecular complexity index is 1070. The molecule has 3 rings (SSSR count). The van der Waals surface area contributed by atoms with E-state index in [0.29, 0.717) is 12.3 Å². The minimum absolute atomic E-state index is 0.148. The van der Waals surface area contributed by atoms with Gasteiger partial charge in [0.15, 0.2) is 6.61 Å². The summed E-state index contributed by atoms with van der Waals surface area (Å²) in [5.74, 6) is 0.177. The number of fused-ring (bicyclic) bond motifs is 1. The van der Waals surface area contributed by atoms with Crippen LogP contribution < -0.4 is 10.1 Å². The second kappa shape index (κ2) is 8.41. The van der Waals surface area contributed by atoms with Crippen molar-refractivity contribution >= 4 is 26.7 Å². The second-order valence-electron chi connectivity index (χ2n) is 6.46. The number of benzene rings is 3. The van der Waals surface area contributed by atoms with Crippen LogP contribution in [0.25, 0.3) is 10.8 Å². The van der Waals surface area contributed by atoms with E-state index in [-0.39, 0.29) is 17.4 Å². The zero-order valence-corrected chi connectivity index (χ0v) is 16.6. The highest BCUT2D eigenvalue weighted by Gasteiger charge is 2.16. The molecule has 3 aromatic rings. The van der Waals surface area contributed by atoms with Crippen LogP contribution in [0.5, 0.6) is 5.75 Å². The number of amides is 1. The highest BCUT2D eigenvalue weighted by molar-refractivity contribution is 7.89. The number of hydrogen-bond donors (Lipinski definition) is 1. The molecule has 0 aliphatic rings. The number of nitrogens with zero attached hydrogens (tertiary/aromatic N) is 1. The third-order valence-electron chi connectivity index (χ3n) is 4.33. The molecule has 0 atom stereocenters. The van der Waals surface area contributed by atoms with E-state index < -0.39 is 10.0 Å². The third-order valence-corrected chi connectivity index (χ3v) is 6.16. The molecule has 28 heavy (non-hydrogen) atoms. The fraction of sp³-hybridized carbons (Fsp3) is 0.190. The van der Waals surface area contributed by atoms with Crippen molar-refractivity contribution in [2.75, 3.05) is 20.7 Å². The molecule has 0 aliphatic heterocycles. The van der Waals surface area contributed by atoms with Crippen molar-refractivity contribution in [1.82, 2.24) is 9.62 Å². The average Bonchev–Trinajstić information content (AvgIpc) is 2.70. The Balaban J connectivity index is 1.56. The van der Waals surface area contributed by atoms with Crippen molar-refractivity contribution in [2.45, 2.75) is 11.4 Å². The summed E-state index contributed by atoms with van der Waals surface area (Å²) in [7, 11) is -0.539. The fourth-order valence-corrected chi connectivity index (χ4v) is 3.66. The van der Waals surface area contributed by atoms with E-state index in [1.807, 2.05) is 42.5 Å². The Morgan fingerprint density at radius 2 is 1.64 bits per heavy atom. The molecule has 1 N–H and O–H groups in total. The Hall–Kier alpha value is -2.90. The molecule has 1 amide bonds. The van der Waals surface area contributed by atoms with E-state index in [2.05, 4.69) is 5.32 Å². The van der Waals surface area contributed by atoms with Gasteiger partial charge in [-0.2, -0.15) is 0 Å².